The maximum absolute atomic E-state index is 2.36. The van der Waals surface area contributed by atoms with Crippen LogP contribution in [0, 0.1) is 35.5 Å². The van der Waals surface area contributed by atoms with Crippen molar-refractivity contribution in [3.8, 4) is 0 Å². The van der Waals surface area contributed by atoms with Gasteiger partial charge in [0.05, 0.1) is 0 Å². The summed E-state index contributed by atoms with van der Waals surface area (Å²) in [7, 11) is 0.642. The van der Waals surface area contributed by atoms with E-state index < -0.39 is 0 Å². The standard InChI is InChI=1S/2C12H27P.Pd/c2*1-10(2)7-13(8-11(3)4)9-12(5)6;/h2*10-12H,7-9H2,1-6H3;. The summed E-state index contributed by atoms with van der Waals surface area (Å²) in [6.45, 7) is 28.3. The molecule has 3 heteroatoms. The second-order valence-corrected chi connectivity index (χ2v) is 15.7. The molecule has 27 heavy (non-hydrogen) atoms. The molecule has 0 radical (unpaired) electrons. The van der Waals surface area contributed by atoms with E-state index in [1.54, 1.807) is 0 Å². The summed E-state index contributed by atoms with van der Waals surface area (Å²) in [5, 5.41) is 0. The van der Waals surface area contributed by atoms with Gasteiger partial charge in [-0.2, -0.15) is 0 Å². The van der Waals surface area contributed by atoms with Crippen molar-refractivity contribution < 1.29 is 20.4 Å². The van der Waals surface area contributed by atoms with Crippen LogP contribution in [0.1, 0.15) is 83.1 Å². The van der Waals surface area contributed by atoms with Gasteiger partial charge in [0.15, 0.2) is 0 Å². The largest absolute Gasteiger partial charge is 0.106 e. The molecule has 0 heterocycles. The van der Waals surface area contributed by atoms with Crippen LogP contribution in [0.4, 0.5) is 0 Å². The molecule has 0 rings (SSSR count). The number of rotatable bonds is 12. The van der Waals surface area contributed by atoms with E-state index in [0.717, 1.165) is 35.5 Å². The molecule has 0 N–H and O–H groups in total. The van der Waals surface area contributed by atoms with Crippen molar-refractivity contribution in [1.29, 1.82) is 0 Å². The Morgan fingerprint density at radius 1 is 0.333 bits per heavy atom. The topological polar surface area (TPSA) is 0 Å². The van der Waals surface area contributed by atoms with Crippen molar-refractivity contribution in [2.24, 2.45) is 35.5 Å². The predicted molar refractivity (Wildman–Crippen MR) is 132 cm³/mol. The zero-order valence-electron chi connectivity index (χ0n) is 20.9. The normalized spacial score (nSPS) is 12.0. The smallest absolute Gasteiger partial charge is 0 e. The molecule has 0 saturated carbocycles. The third kappa shape index (κ3) is 27.5. The zero-order chi connectivity index (χ0) is 20.9. The Labute approximate surface area is 191 Å². The Hall–Kier alpha value is 1.52. The summed E-state index contributed by atoms with van der Waals surface area (Å²) in [6.07, 6.45) is 8.87. The third-order valence-corrected chi connectivity index (χ3v) is 11.2. The first kappa shape index (κ1) is 33.2. The molecule has 0 nitrogen and oxygen atoms in total. The Balaban J connectivity index is -0.000000411. The molecule has 0 atom stereocenters. The van der Waals surface area contributed by atoms with E-state index in [2.05, 4.69) is 83.1 Å². The van der Waals surface area contributed by atoms with Crippen molar-refractivity contribution in [2.45, 2.75) is 83.1 Å². The molecule has 0 aromatic heterocycles. The Kier molecular flexibility index (Phi) is 23.9. The SMILES string of the molecule is CC(C)CP(CC(C)C)CC(C)C.CC(C)CP(CC(C)C)CC(C)C.[Pd]. The van der Waals surface area contributed by atoms with Crippen molar-refractivity contribution in [3.05, 3.63) is 0 Å². The fourth-order valence-electron chi connectivity index (χ4n) is 3.55. The van der Waals surface area contributed by atoms with Gasteiger partial charge in [0.1, 0.15) is 0 Å². The summed E-state index contributed by atoms with van der Waals surface area (Å²) < 4.78 is 0. The molecule has 0 aliphatic carbocycles. The zero-order valence-corrected chi connectivity index (χ0v) is 24.3. The van der Waals surface area contributed by atoms with Crippen LogP contribution < -0.4 is 0 Å². The summed E-state index contributed by atoms with van der Waals surface area (Å²) in [4.78, 5) is 0. The molecule has 0 aliphatic rings. The van der Waals surface area contributed by atoms with Crippen molar-refractivity contribution in [3.63, 3.8) is 0 Å². The van der Waals surface area contributed by atoms with Crippen LogP contribution in [0.5, 0.6) is 0 Å². The minimum absolute atomic E-state index is 0. The Bertz CT molecular complexity index is 221. The molecular formula is C24H54P2Pd. The molecule has 0 aromatic carbocycles. The van der Waals surface area contributed by atoms with Gasteiger partial charge in [-0.25, -0.2) is 0 Å². The summed E-state index contributed by atoms with van der Waals surface area (Å²) >= 11 is 0. The van der Waals surface area contributed by atoms with E-state index in [1.165, 1.54) is 37.0 Å². The van der Waals surface area contributed by atoms with Gasteiger partial charge < -0.3 is 0 Å². The van der Waals surface area contributed by atoms with E-state index in [9.17, 15) is 0 Å². The van der Waals surface area contributed by atoms with Crippen LogP contribution in [0.2, 0.25) is 0 Å². The van der Waals surface area contributed by atoms with Crippen LogP contribution in [0.15, 0.2) is 0 Å². The van der Waals surface area contributed by atoms with Gasteiger partial charge in [0, 0.05) is 20.4 Å². The van der Waals surface area contributed by atoms with Crippen LogP contribution in [-0.4, -0.2) is 37.0 Å². The monoisotopic (exact) mass is 510 g/mol. The van der Waals surface area contributed by atoms with Gasteiger partial charge in [-0.15, -0.1) is 15.8 Å². The van der Waals surface area contributed by atoms with Crippen molar-refractivity contribution in [2.75, 3.05) is 37.0 Å². The molecule has 0 fully saturated rings. The quantitative estimate of drug-likeness (QED) is 0.182. The van der Waals surface area contributed by atoms with Crippen LogP contribution >= 0.6 is 15.8 Å². The molecule has 0 bridgehead atoms. The van der Waals surface area contributed by atoms with Crippen LogP contribution in [-0.2, 0) is 20.4 Å². The Morgan fingerprint density at radius 2 is 0.444 bits per heavy atom. The minimum Gasteiger partial charge on any atom is -0.106 e. The third-order valence-electron chi connectivity index (χ3n) is 3.74. The van der Waals surface area contributed by atoms with E-state index >= 15 is 0 Å². The van der Waals surface area contributed by atoms with Gasteiger partial charge in [-0.05, 0) is 72.5 Å². The van der Waals surface area contributed by atoms with Gasteiger partial charge in [-0.3, -0.25) is 0 Å². The van der Waals surface area contributed by atoms with Gasteiger partial charge in [0.2, 0.25) is 0 Å². The first-order valence-corrected chi connectivity index (χ1v) is 15.1. The van der Waals surface area contributed by atoms with Crippen LogP contribution in [0.3, 0.4) is 0 Å². The number of hydrogen-bond donors (Lipinski definition) is 0. The predicted octanol–water partition coefficient (Wildman–Crippen LogP) is 8.87. The Morgan fingerprint density at radius 3 is 0.519 bits per heavy atom. The average molecular weight is 511 g/mol. The van der Waals surface area contributed by atoms with E-state index in [0.29, 0.717) is 15.8 Å². The molecule has 0 unspecified atom stereocenters. The summed E-state index contributed by atoms with van der Waals surface area (Å²) in [5.74, 6) is 5.35. The molecule has 170 valence electrons. The van der Waals surface area contributed by atoms with Gasteiger partial charge >= 0.3 is 0 Å². The first-order chi connectivity index (χ1) is 11.8. The van der Waals surface area contributed by atoms with Crippen molar-refractivity contribution >= 4 is 15.8 Å². The van der Waals surface area contributed by atoms with E-state index in [1.807, 2.05) is 0 Å². The van der Waals surface area contributed by atoms with E-state index in [-0.39, 0.29) is 20.4 Å². The molecule has 0 aromatic rings. The first-order valence-electron chi connectivity index (χ1n) is 11.3. The molecule has 0 aliphatic heterocycles. The van der Waals surface area contributed by atoms with Crippen molar-refractivity contribution in [1.82, 2.24) is 0 Å². The number of hydrogen-bond acceptors (Lipinski definition) is 0. The average Bonchev–Trinajstić information content (AvgIpc) is 2.33. The summed E-state index contributed by atoms with van der Waals surface area (Å²) in [6, 6.07) is 0. The maximum Gasteiger partial charge on any atom is 0 e. The van der Waals surface area contributed by atoms with Crippen LogP contribution in [0.25, 0.3) is 0 Å². The second-order valence-electron chi connectivity index (χ2n) is 10.8. The fourth-order valence-corrected chi connectivity index (χ4v) is 10.6. The van der Waals surface area contributed by atoms with Gasteiger partial charge in [-0.1, -0.05) is 83.1 Å². The molecular weight excluding hydrogens is 457 g/mol. The second kappa shape index (κ2) is 19.5. The molecule has 0 saturated heterocycles. The van der Waals surface area contributed by atoms with Gasteiger partial charge in [0.25, 0.3) is 0 Å². The molecule has 0 amide bonds. The molecule has 0 spiro atoms. The maximum atomic E-state index is 2.36. The minimum atomic E-state index is 0. The van der Waals surface area contributed by atoms with E-state index in [4.69, 9.17) is 0 Å². The fraction of sp³-hybridized carbons (Fsp3) is 1.00. The summed E-state index contributed by atoms with van der Waals surface area (Å²) in [5.41, 5.74) is 0.